The van der Waals surface area contributed by atoms with Crippen LogP contribution in [0, 0.1) is 13.8 Å². The van der Waals surface area contributed by atoms with E-state index in [1.54, 1.807) is 0 Å². The zero-order chi connectivity index (χ0) is 12.7. The number of hydrogen-bond acceptors (Lipinski definition) is 1. The average Bonchev–Trinajstić information content (AvgIpc) is 1.97. The molecular formula is C9H7F6N. The molecule has 16 heavy (non-hydrogen) atoms. The molecule has 0 saturated heterocycles. The summed E-state index contributed by atoms with van der Waals surface area (Å²) in [6.07, 6.45) is -9.66. The molecule has 0 N–H and O–H groups in total. The van der Waals surface area contributed by atoms with Crippen molar-refractivity contribution < 1.29 is 26.3 Å². The standard InChI is InChI=1S/C9H7F6N/c1-4-6(8(10,11)12)3-7(5(2)16-4)9(13,14)15/h3H,1-2H3. The maximum Gasteiger partial charge on any atom is 0.418 e. The van der Waals surface area contributed by atoms with Gasteiger partial charge in [0.2, 0.25) is 0 Å². The second-order valence-corrected chi connectivity index (χ2v) is 3.25. The van der Waals surface area contributed by atoms with Gasteiger partial charge < -0.3 is 0 Å². The molecule has 90 valence electrons. The monoisotopic (exact) mass is 243 g/mol. The van der Waals surface area contributed by atoms with E-state index < -0.39 is 34.9 Å². The molecule has 0 atom stereocenters. The van der Waals surface area contributed by atoms with Gasteiger partial charge in [-0.2, -0.15) is 26.3 Å². The molecule has 0 unspecified atom stereocenters. The van der Waals surface area contributed by atoms with Crippen molar-refractivity contribution in [3.8, 4) is 0 Å². The smallest absolute Gasteiger partial charge is 0.257 e. The molecule has 1 nitrogen and oxygen atoms in total. The first-order valence-corrected chi connectivity index (χ1v) is 4.16. The van der Waals surface area contributed by atoms with Crippen LogP contribution >= 0.6 is 0 Å². The summed E-state index contributed by atoms with van der Waals surface area (Å²) in [7, 11) is 0. The molecule has 0 bridgehead atoms. The predicted octanol–water partition coefficient (Wildman–Crippen LogP) is 3.74. The first kappa shape index (κ1) is 12.8. The highest BCUT2D eigenvalue weighted by molar-refractivity contribution is 5.33. The van der Waals surface area contributed by atoms with E-state index in [1.807, 2.05) is 0 Å². The van der Waals surface area contributed by atoms with Gasteiger partial charge >= 0.3 is 12.4 Å². The minimum atomic E-state index is -4.83. The van der Waals surface area contributed by atoms with Gasteiger partial charge in [-0.25, -0.2) is 0 Å². The maximum absolute atomic E-state index is 12.3. The Bertz CT molecular complexity index is 368. The summed E-state index contributed by atoms with van der Waals surface area (Å²) in [5.74, 6) is 0. The first-order valence-electron chi connectivity index (χ1n) is 4.16. The molecule has 0 saturated carbocycles. The highest BCUT2D eigenvalue weighted by atomic mass is 19.4. The van der Waals surface area contributed by atoms with Crippen LogP contribution in [0.1, 0.15) is 22.5 Å². The lowest BCUT2D eigenvalue weighted by atomic mass is 10.1. The summed E-state index contributed by atoms with van der Waals surface area (Å²) < 4.78 is 74.0. The van der Waals surface area contributed by atoms with Crippen molar-refractivity contribution in [2.45, 2.75) is 26.2 Å². The fourth-order valence-electron chi connectivity index (χ4n) is 1.30. The number of halogens is 6. The molecule has 0 aliphatic rings. The molecule has 0 radical (unpaired) electrons. The third kappa shape index (κ3) is 2.45. The number of rotatable bonds is 0. The molecule has 0 aromatic carbocycles. The number of pyridine rings is 1. The lowest BCUT2D eigenvalue weighted by Gasteiger charge is -2.15. The van der Waals surface area contributed by atoms with Crippen LogP contribution in [-0.2, 0) is 12.4 Å². The Hall–Kier alpha value is -1.27. The minimum absolute atomic E-state index is 0.0949. The topological polar surface area (TPSA) is 12.9 Å². The van der Waals surface area contributed by atoms with Crippen molar-refractivity contribution >= 4 is 0 Å². The minimum Gasteiger partial charge on any atom is -0.257 e. The summed E-state index contributed by atoms with van der Waals surface area (Å²) in [4.78, 5) is 3.27. The van der Waals surface area contributed by atoms with Crippen LogP contribution < -0.4 is 0 Å². The van der Waals surface area contributed by atoms with Crippen LogP contribution in [0.4, 0.5) is 26.3 Å². The number of aryl methyl sites for hydroxylation is 2. The van der Waals surface area contributed by atoms with Gasteiger partial charge in [0.25, 0.3) is 0 Å². The average molecular weight is 243 g/mol. The van der Waals surface area contributed by atoms with E-state index >= 15 is 0 Å². The van der Waals surface area contributed by atoms with Crippen LogP contribution in [-0.4, -0.2) is 4.98 Å². The second kappa shape index (κ2) is 3.64. The zero-order valence-corrected chi connectivity index (χ0v) is 8.29. The summed E-state index contributed by atoms with van der Waals surface area (Å²) in [6.45, 7) is 2.05. The lowest BCUT2D eigenvalue weighted by molar-refractivity contribution is -0.144. The quantitative estimate of drug-likeness (QED) is 0.632. The van der Waals surface area contributed by atoms with E-state index in [0.717, 1.165) is 13.8 Å². The van der Waals surface area contributed by atoms with Crippen molar-refractivity contribution in [3.05, 3.63) is 28.6 Å². The van der Waals surface area contributed by atoms with Crippen molar-refractivity contribution in [1.82, 2.24) is 4.98 Å². The Morgan fingerprint density at radius 1 is 0.812 bits per heavy atom. The first-order chi connectivity index (χ1) is 7.03. The molecule has 1 rings (SSSR count). The van der Waals surface area contributed by atoms with Crippen molar-refractivity contribution in [2.24, 2.45) is 0 Å². The Morgan fingerprint density at radius 3 is 1.38 bits per heavy atom. The normalized spacial score (nSPS) is 13.0. The molecule has 0 aliphatic heterocycles. The van der Waals surface area contributed by atoms with Gasteiger partial charge in [0.15, 0.2) is 0 Å². The predicted molar refractivity (Wildman–Crippen MR) is 43.7 cm³/mol. The van der Waals surface area contributed by atoms with Gasteiger partial charge in [-0.15, -0.1) is 0 Å². The van der Waals surface area contributed by atoms with Crippen LogP contribution in [0.2, 0.25) is 0 Å². The van der Waals surface area contributed by atoms with E-state index in [4.69, 9.17) is 0 Å². The van der Waals surface area contributed by atoms with E-state index in [9.17, 15) is 26.3 Å². The third-order valence-corrected chi connectivity index (χ3v) is 2.01. The number of aromatic nitrogens is 1. The largest absolute Gasteiger partial charge is 0.418 e. The summed E-state index contributed by atoms with van der Waals surface area (Å²) >= 11 is 0. The highest BCUT2D eigenvalue weighted by Gasteiger charge is 2.39. The fourth-order valence-corrected chi connectivity index (χ4v) is 1.30. The lowest BCUT2D eigenvalue weighted by Crippen LogP contribution is -2.15. The molecular weight excluding hydrogens is 236 g/mol. The van der Waals surface area contributed by atoms with E-state index in [1.165, 1.54) is 0 Å². The Kier molecular flexibility index (Phi) is 2.91. The number of nitrogens with zero attached hydrogens (tertiary/aromatic N) is 1. The molecule has 0 aliphatic carbocycles. The van der Waals surface area contributed by atoms with E-state index in [0.29, 0.717) is 0 Å². The molecule has 0 amide bonds. The van der Waals surface area contributed by atoms with E-state index in [-0.39, 0.29) is 6.07 Å². The Morgan fingerprint density at radius 2 is 1.12 bits per heavy atom. The highest BCUT2D eigenvalue weighted by Crippen LogP contribution is 2.37. The van der Waals surface area contributed by atoms with Crippen LogP contribution in [0.5, 0.6) is 0 Å². The molecule has 1 aromatic heterocycles. The van der Waals surface area contributed by atoms with Crippen LogP contribution in [0.25, 0.3) is 0 Å². The van der Waals surface area contributed by atoms with Crippen LogP contribution in [0.15, 0.2) is 6.07 Å². The van der Waals surface area contributed by atoms with Gasteiger partial charge in [0, 0.05) is 11.4 Å². The zero-order valence-electron chi connectivity index (χ0n) is 8.29. The SMILES string of the molecule is Cc1nc(C)c(C(F)(F)F)cc1C(F)(F)F. The van der Waals surface area contributed by atoms with Gasteiger partial charge in [0.05, 0.1) is 11.1 Å². The summed E-state index contributed by atoms with van der Waals surface area (Å²) in [5.41, 5.74) is -3.63. The van der Waals surface area contributed by atoms with Gasteiger partial charge in [-0.3, -0.25) is 4.98 Å². The molecule has 7 heteroatoms. The molecule has 1 heterocycles. The number of alkyl halides is 6. The third-order valence-electron chi connectivity index (χ3n) is 2.01. The summed E-state index contributed by atoms with van der Waals surface area (Å²) in [5, 5.41) is 0. The van der Waals surface area contributed by atoms with E-state index in [2.05, 4.69) is 4.98 Å². The van der Waals surface area contributed by atoms with Crippen LogP contribution in [0.3, 0.4) is 0 Å². The van der Waals surface area contributed by atoms with Crippen molar-refractivity contribution in [3.63, 3.8) is 0 Å². The molecule has 1 aromatic rings. The Balaban J connectivity index is 3.45. The van der Waals surface area contributed by atoms with Gasteiger partial charge in [-0.1, -0.05) is 0 Å². The Labute approximate surface area is 87.1 Å². The molecule has 0 spiro atoms. The van der Waals surface area contributed by atoms with Crippen molar-refractivity contribution in [1.29, 1.82) is 0 Å². The number of hydrogen-bond donors (Lipinski definition) is 0. The van der Waals surface area contributed by atoms with Gasteiger partial charge in [0.1, 0.15) is 0 Å². The second-order valence-electron chi connectivity index (χ2n) is 3.25. The molecule has 0 fully saturated rings. The fraction of sp³-hybridized carbons (Fsp3) is 0.444. The van der Waals surface area contributed by atoms with Crippen molar-refractivity contribution in [2.75, 3.05) is 0 Å². The van der Waals surface area contributed by atoms with Gasteiger partial charge in [-0.05, 0) is 19.9 Å². The summed E-state index contributed by atoms with van der Waals surface area (Å²) in [6, 6.07) is 0.0949. The maximum atomic E-state index is 12.3.